The second kappa shape index (κ2) is 10.1. The maximum absolute atomic E-state index is 3.75. The van der Waals surface area contributed by atoms with Crippen molar-refractivity contribution in [2.24, 2.45) is 0 Å². The Balaban J connectivity index is 1.68. The largest absolute Gasteiger partial charge is 0.356 e. The van der Waals surface area contributed by atoms with Crippen molar-refractivity contribution < 1.29 is 0 Å². The summed E-state index contributed by atoms with van der Waals surface area (Å²) in [6, 6.07) is 39.9. The SMILES string of the molecule is Cc1ccc(N2c3ccc(C)cc3B(c3ccccc3Nc3ccccc3)c3c(C)ccc(C(C)(C)C)c32)cc1. The second-order valence-electron chi connectivity index (χ2n) is 12.2. The van der Waals surface area contributed by atoms with E-state index in [1.807, 2.05) is 0 Å². The van der Waals surface area contributed by atoms with Crippen LogP contribution >= 0.6 is 0 Å². The van der Waals surface area contributed by atoms with Crippen molar-refractivity contribution in [3.8, 4) is 0 Å². The fourth-order valence-corrected chi connectivity index (χ4v) is 6.13. The van der Waals surface area contributed by atoms with Crippen LogP contribution < -0.4 is 26.6 Å². The lowest BCUT2D eigenvalue weighted by atomic mass is 9.33. The lowest BCUT2D eigenvalue weighted by Gasteiger charge is -2.42. The molecule has 5 aromatic rings. The highest BCUT2D eigenvalue weighted by atomic mass is 15.2. The van der Waals surface area contributed by atoms with Gasteiger partial charge in [-0.15, -0.1) is 0 Å². The molecule has 0 saturated heterocycles. The number of hydrogen-bond acceptors (Lipinski definition) is 2. The van der Waals surface area contributed by atoms with Crippen LogP contribution in [0.3, 0.4) is 0 Å². The maximum atomic E-state index is 3.75. The van der Waals surface area contributed by atoms with Gasteiger partial charge in [-0.2, -0.15) is 0 Å². The predicted molar refractivity (Wildman–Crippen MR) is 175 cm³/mol. The molecule has 2 nitrogen and oxygen atoms in total. The van der Waals surface area contributed by atoms with E-state index in [9.17, 15) is 0 Å². The molecular weight excluding hydrogens is 483 g/mol. The predicted octanol–water partition coefficient (Wildman–Crippen LogP) is 7.95. The van der Waals surface area contributed by atoms with E-state index in [1.165, 1.54) is 55.7 Å². The molecule has 1 aliphatic rings. The summed E-state index contributed by atoms with van der Waals surface area (Å²) in [6.45, 7) is 13.7. The number of hydrogen-bond donors (Lipinski definition) is 1. The van der Waals surface area contributed by atoms with Crippen LogP contribution in [0.1, 0.15) is 43.0 Å². The summed E-state index contributed by atoms with van der Waals surface area (Å²) in [5, 5.41) is 3.75. The zero-order valence-corrected chi connectivity index (χ0v) is 24.4. The Hall–Kier alpha value is -4.24. The number of para-hydroxylation sites is 2. The van der Waals surface area contributed by atoms with E-state index in [0.717, 1.165) is 11.4 Å². The molecule has 0 spiro atoms. The Bertz CT molecular complexity index is 1680. The second-order valence-corrected chi connectivity index (χ2v) is 12.2. The number of anilines is 5. The standard InChI is InChI=1S/C37H37BN2/c1-25-16-20-29(21-17-25)40-34-23-18-26(2)24-32(34)38(35-27(3)19-22-30(36(35)40)37(4,5)6)31-14-10-11-15-33(31)39-28-12-8-7-9-13-28/h7-24,39H,1-6H3. The van der Waals surface area contributed by atoms with Gasteiger partial charge in [-0.25, -0.2) is 0 Å². The Morgan fingerprint density at radius 1 is 0.650 bits per heavy atom. The molecule has 0 bridgehead atoms. The van der Waals surface area contributed by atoms with Gasteiger partial charge in [0.25, 0.3) is 0 Å². The molecule has 1 aliphatic heterocycles. The van der Waals surface area contributed by atoms with E-state index in [-0.39, 0.29) is 12.1 Å². The molecule has 0 amide bonds. The summed E-state index contributed by atoms with van der Waals surface area (Å²) >= 11 is 0. The van der Waals surface area contributed by atoms with Gasteiger partial charge in [0.15, 0.2) is 0 Å². The molecule has 40 heavy (non-hydrogen) atoms. The molecular formula is C37H37BN2. The van der Waals surface area contributed by atoms with Gasteiger partial charge in [0.1, 0.15) is 0 Å². The highest BCUT2D eigenvalue weighted by Crippen LogP contribution is 2.42. The highest BCUT2D eigenvalue weighted by Gasteiger charge is 2.40. The van der Waals surface area contributed by atoms with Crippen LogP contribution in [-0.2, 0) is 5.41 Å². The van der Waals surface area contributed by atoms with Crippen LogP contribution in [0.2, 0.25) is 0 Å². The molecule has 198 valence electrons. The van der Waals surface area contributed by atoms with Crippen molar-refractivity contribution in [2.45, 2.75) is 47.0 Å². The molecule has 0 aromatic heterocycles. The van der Waals surface area contributed by atoms with E-state index in [1.54, 1.807) is 0 Å². The van der Waals surface area contributed by atoms with Gasteiger partial charge in [-0.05, 0) is 84.5 Å². The van der Waals surface area contributed by atoms with Crippen LogP contribution in [0.4, 0.5) is 28.4 Å². The van der Waals surface area contributed by atoms with Crippen molar-refractivity contribution in [3.63, 3.8) is 0 Å². The molecule has 3 heteroatoms. The van der Waals surface area contributed by atoms with E-state index in [2.05, 4.69) is 161 Å². The zero-order chi connectivity index (χ0) is 28.0. The van der Waals surface area contributed by atoms with Crippen LogP contribution in [0.25, 0.3) is 0 Å². The van der Waals surface area contributed by atoms with Crippen LogP contribution in [0.15, 0.2) is 109 Å². The number of aryl methyl sites for hydroxylation is 3. The monoisotopic (exact) mass is 520 g/mol. The molecule has 6 rings (SSSR count). The Morgan fingerprint density at radius 3 is 2.05 bits per heavy atom. The van der Waals surface area contributed by atoms with Gasteiger partial charge in [-0.3, -0.25) is 0 Å². The summed E-state index contributed by atoms with van der Waals surface area (Å²) in [6.07, 6.45) is 0. The molecule has 0 fully saturated rings. The van der Waals surface area contributed by atoms with Gasteiger partial charge in [0.05, 0.1) is 0 Å². The lowest BCUT2D eigenvalue weighted by Crippen LogP contribution is -2.59. The number of nitrogens with zero attached hydrogens (tertiary/aromatic N) is 1. The first-order valence-corrected chi connectivity index (χ1v) is 14.2. The van der Waals surface area contributed by atoms with Crippen molar-refractivity contribution >= 4 is 51.5 Å². The van der Waals surface area contributed by atoms with Gasteiger partial charge in [-0.1, -0.05) is 110 Å². The highest BCUT2D eigenvalue weighted by molar-refractivity contribution is 6.99. The van der Waals surface area contributed by atoms with Crippen LogP contribution in [0, 0.1) is 20.8 Å². The van der Waals surface area contributed by atoms with Gasteiger partial charge in [0.2, 0.25) is 6.71 Å². The molecule has 1 heterocycles. The van der Waals surface area contributed by atoms with Crippen LogP contribution in [-0.4, -0.2) is 6.71 Å². The lowest BCUT2D eigenvalue weighted by molar-refractivity contribution is 0.591. The third kappa shape index (κ3) is 4.60. The van der Waals surface area contributed by atoms with Crippen molar-refractivity contribution in [2.75, 3.05) is 10.2 Å². The number of benzene rings is 5. The zero-order valence-electron chi connectivity index (χ0n) is 24.4. The first-order chi connectivity index (χ1) is 19.2. The molecule has 1 N–H and O–H groups in total. The van der Waals surface area contributed by atoms with Gasteiger partial charge < -0.3 is 10.2 Å². The molecule has 0 unspecified atom stereocenters. The first-order valence-electron chi connectivity index (χ1n) is 14.2. The smallest absolute Gasteiger partial charge is 0.249 e. The number of nitrogens with one attached hydrogen (secondary N) is 1. The summed E-state index contributed by atoms with van der Waals surface area (Å²) in [4.78, 5) is 2.51. The molecule has 0 atom stereocenters. The minimum absolute atomic E-state index is 0.0325. The van der Waals surface area contributed by atoms with E-state index >= 15 is 0 Å². The maximum Gasteiger partial charge on any atom is 0.249 e. The summed E-state index contributed by atoms with van der Waals surface area (Å²) in [5.41, 5.74) is 15.2. The molecule has 0 aliphatic carbocycles. The third-order valence-corrected chi connectivity index (χ3v) is 8.11. The summed E-state index contributed by atoms with van der Waals surface area (Å²) in [7, 11) is 0. The van der Waals surface area contributed by atoms with Crippen molar-refractivity contribution in [3.05, 3.63) is 131 Å². The topological polar surface area (TPSA) is 15.3 Å². The summed E-state index contributed by atoms with van der Waals surface area (Å²) in [5.74, 6) is 0. The Morgan fingerprint density at radius 2 is 1.32 bits per heavy atom. The molecule has 0 saturated carbocycles. The summed E-state index contributed by atoms with van der Waals surface area (Å²) < 4.78 is 0. The van der Waals surface area contributed by atoms with Gasteiger partial charge in [0, 0.05) is 28.4 Å². The fourth-order valence-electron chi connectivity index (χ4n) is 6.13. The van der Waals surface area contributed by atoms with E-state index in [0.29, 0.717) is 0 Å². The van der Waals surface area contributed by atoms with E-state index < -0.39 is 0 Å². The first kappa shape index (κ1) is 26.0. The quantitative estimate of drug-likeness (QED) is 0.237. The Labute approximate surface area is 239 Å². The minimum atomic E-state index is -0.0325. The van der Waals surface area contributed by atoms with Crippen LogP contribution in [0.5, 0.6) is 0 Å². The number of fused-ring (bicyclic) bond motifs is 2. The Kier molecular flexibility index (Phi) is 6.54. The third-order valence-electron chi connectivity index (χ3n) is 8.11. The van der Waals surface area contributed by atoms with Gasteiger partial charge >= 0.3 is 0 Å². The van der Waals surface area contributed by atoms with E-state index in [4.69, 9.17) is 0 Å². The fraction of sp³-hybridized carbons (Fsp3) is 0.189. The van der Waals surface area contributed by atoms with Crippen molar-refractivity contribution in [1.29, 1.82) is 0 Å². The molecule has 0 radical (unpaired) electrons. The minimum Gasteiger partial charge on any atom is -0.356 e. The molecule has 5 aromatic carbocycles. The van der Waals surface area contributed by atoms with Crippen molar-refractivity contribution in [1.82, 2.24) is 0 Å². The average molecular weight is 521 g/mol. The normalized spacial score (nSPS) is 12.7. The average Bonchev–Trinajstić information content (AvgIpc) is 2.93. The number of rotatable bonds is 4.